The highest BCUT2D eigenvalue weighted by atomic mass is 35.5. The number of urea groups is 1. The fourth-order valence-corrected chi connectivity index (χ4v) is 3.66. The molecular formula is C25H36ClN3O2. The minimum Gasteiger partial charge on any atom is -0.457 e. The van der Waals surface area contributed by atoms with Gasteiger partial charge in [0.05, 0.1) is 0 Å². The Bertz CT molecular complexity index is 794. The van der Waals surface area contributed by atoms with E-state index in [1.165, 1.54) is 0 Å². The van der Waals surface area contributed by atoms with Gasteiger partial charge in [-0.25, -0.2) is 4.79 Å². The Hall–Kier alpha value is -2.24. The molecule has 0 fully saturated rings. The summed E-state index contributed by atoms with van der Waals surface area (Å²) in [5.74, 6) is 1.47. The van der Waals surface area contributed by atoms with E-state index in [0.717, 1.165) is 49.5 Å². The summed E-state index contributed by atoms with van der Waals surface area (Å²) < 4.78 is 5.96. The Morgan fingerprint density at radius 2 is 1.77 bits per heavy atom. The summed E-state index contributed by atoms with van der Waals surface area (Å²) in [4.78, 5) is 17.1. The number of hydrogen-bond acceptors (Lipinski definition) is 3. The van der Waals surface area contributed by atoms with Crippen LogP contribution in [0.3, 0.4) is 0 Å². The number of carbonyl (C=O) groups excluding carboxylic acids is 1. The largest absolute Gasteiger partial charge is 0.457 e. The van der Waals surface area contributed by atoms with E-state index in [9.17, 15) is 4.79 Å². The standard InChI is InChI=1S/C25H36ClN3O2/c1-5-27-25(30)29(20(4)10-9-17-28(6-2)7-3)19-21-11-8-12-24(18-21)31-23-15-13-22(26)14-16-23/h8,11-16,18,20H,5-7,9-10,17,19H2,1-4H3,(H,27,30). The van der Waals surface area contributed by atoms with Crippen LogP contribution in [0.2, 0.25) is 5.02 Å². The molecule has 0 heterocycles. The Labute approximate surface area is 192 Å². The summed E-state index contributed by atoms with van der Waals surface area (Å²) in [7, 11) is 0. The van der Waals surface area contributed by atoms with Gasteiger partial charge in [-0.05, 0) is 88.3 Å². The average molecular weight is 446 g/mol. The van der Waals surface area contributed by atoms with Gasteiger partial charge in [0, 0.05) is 24.2 Å². The number of rotatable bonds is 12. The SMILES string of the molecule is CCNC(=O)N(Cc1cccc(Oc2ccc(Cl)cc2)c1)C(C)CCCN(CC)CC. The highest BCUT2D eigenvalue weighted by Gasteiger charge is 2.20. The van der Waals surface area contributed by atoms with Gasteiger partial charge >= 0.3 is 6.03 Å². The van der Waals surface area contributed by atoms with Gasteiger partial charge in [-0.15, -0.1) is 0 Å². The van der Waals surface area contributed by atoms with Gasteiger partial charge in [0.15, 0.2) is 0 Å². The lowest BCUT2D eigenvalue weighted by atomic mass is 10.1. The van der Waals surface area contributed by atoms with E-state index in [1.807, 2.05) is 48.2 Å². The summed E-state index contributed by atoms with van der Waals surface area (Å²) >= 11 is 5.95. The van der Waals surface area contributed by atoms with Gasteiger partial charge in [-0.2, -0.15) is 0 Å². The number of ether oxygens (including phenoxy) is 1. The van der Waals surface area contributed by atoms with Crippen molar-refractivity contribution in [1.82, 2.24) is 15.1 Å². The number of carbonyl (C=O) groups is 1. The molecule has 170 valence electrons. The number of amides is 2. The molecule has 0 saturated heterocycles. The molecule has 1 atom stereocenters. The lowest BCUT2D eigenvalue weighted by Crippen LogP contribution is -2.44. The van der Waals surface area contributed by atoms with Gasteiger partial charge in [-0.1, -0.05) is 37.6 Å². The first kappa shape index (κ1) is 25.0. The van der Waals surface area contributed by atoms with Gasteiger partial charge in [-0.3, -0.25) is 0 Å². The van der Waals surface area contributed by atoms with Crippen molar-refractivity contribution in [2.24, 2.45) is 0 Å². The molecule has 0 bridgehead atoms. The van der Waals surface area contributed by atoms with Crippen molar-refractivity contribution in [3.05, 3.63) is 59.1 Å². The van der Waals surface area contributed by atoms with Crippen molar-refractivity contribution < 1.29 is 9.53 Å². The Morgan fingerprint density at radius 3 is 2.42 bits per heavy atom. The normalized spacial score (nSPS) is 11.9. The van der Waals surface area contributed by atoms with E-state index < -0.39 is 0 Å². The number of nitrogens with zero attached hydrogens (tertiary/aromatic N) is 2. The quantitative estimate of drug-likeness (QED) is 0.424. The van der Waals surface area contributed by atoms with Gasteiger partial charge in [0.1, 0.15) is 11.5 Å². The van der Waals surface area contributed by atoms with Gasteiger partial charge in [0.25, 0.3) is 0 Å². The maximum atomic E-state index is 12.8. The molecule has 1 N–H and O–H groups in total. The van der Waals surface area contributed by atoms with E-state index in [2.05, 4.69) is 31.0 Å². The molecule has 0 aliphatic rings. The zero-order valence-electron chi connectivity index (χ0n) is 19.2. The molecule has 0 aromatic heterocycles. The maximum absolute atomic E-state index is 12.8. The van der Waals surface area contributed by atoms with Crippen molar-refractivity contribution in [1.29, 1.82) is 0 Å². The smallest absolute Gasteiger partial charge is 0.317 e. The fraction of sp³-hybridized carbons (Fsp3) is 0.480. The fourth-order valence-electron chi connectivity index (χ4n) is 3.53. The molecule has 0 saturated carbocycles. The topological polar surface area (TPSA) is 44.8 Å². The molecule has 2 aromatic carbocycles. The monoisotopic (exact) mass is 445 g/mol. The van der Waals surface area contributed by atoms with E-state index in [1.54, 1.807) is 12.1 Å². The van der Waals surface area contributed by atoms with Crippen LogP contribution >= 0.6 is 11.6 Å². The average Bonchev–Trinajstić information content (AvgIpc) is 2.77. The van der Waals surface area contributed by atoms with Crippen molar-refractivity contribution in [3.63, 3.8) is 0 Å². The molecule has 0 spiro atoms. The molecule has 0 aliphatic carbocycles. The van der Waals surface area contributed by atoms with Crippen LogP contribution in [-0.4, -0.2) is 48.1 Å². The second-order valence-corrected chi connectivity index (χ2v) is 8.12. The third-order valence-electron chi connectivity index (χ3n) is 5.41. The van der Waals surface area contributed by atoms with Crippen LogP contribution in [-0.2, 0) is 6.54 Å². The maximum Gasteiger partial charge on any atom is 0.317 e. The summed E-state index contributed by atoms with van der Waals surface area (Å²) in [5, 5.41) is 3.64. The summed E-state index contributed by atoms with van der Waals surface area (Å²) in [6.07, 6.45) is 2.03. The predicted octanol–water partition coefficient (Wildman–Crippen LogP) is 6.17. The first-order chi connectivity index (χ1) is 15.0. The lowest BCUT2D eigenvalue weighted by molar-refractivity contribution is 0.168. The first-order valence-corrected chi connectivity index (χ1v) is 11.6. The lowest BCUT2D eigenvalue weighted by Gasteiger charge is -2.30. The van der Waals surface area contributed by atoms with Crippen molar-refractivity contribution >= 4 is 17.6 Å². The minimum atomic E-state index is -0.0261. The Balaban J connectivity index is 2.05. The second-order valence-electron chi connectivity index (χ2n) is 7.68. The molecule has 5 nitrogen and oxygen atoms in total. The minimum absolute atomic E-state index is 0.0261. The summed E-state index contributed by atoms with van der Waals surface area (Å²) in [5.41, 5.74) is 1.04. The third-order valence-corrected chi connectivity index (χ3v) is 5.66. The molecule has 1 unspecified atom stereocenters. The van der Waals surface area contributed by atoms with E-state index >= 15 is 0 Å². The number of halogens is 1. The first-order valence-electron chi connectivity index (χ1n) is 11.3. The van der Waals surface area contributed by atoms with Crippen molar-refractivity contribution in [2.45, 2.75) is 53.1 Å². The predicted molar refractivity (Wildman–Crippen MR) is 129 cm³/mol. The van der Waals surface area contributed by atoms with E-state index in [0.29, 0.717) is 18.1 Å². The van der Waals surface area contributed by atoms with E-state index in [4.69, 9.17) is 16.3 Å². The summed E-state index contributed by atoms with van der Waals surface area (Å²) in [6.45, 7) is 12.8. The number of nitrogens with one attached hydrogen (secondary N) is 1. The highest BCUT2D eigenvalue weighted by Crippen LogP contribution is 2.25. The molecule has 0 radical (unpaired) electrons. The molecule has 2 amide bonds. The van der Waals surface area contributed by atoms with Gasteiger partial charge in [0.2, 0.25) is 0 Å². The van der Waals surface area contributed by atoms with Crippen molar-refractivity contribution in [2.75, 3.05) is 26.2 Å². The van der Waals surface area contributed by atoms with E-state index in [-0.39, 0.29) is 12.1 Å². The van der Waals surface area contributed by atoms with Crippen LogP contribution < -0.4 is 10.1 Å². The highest BCUT2D eigenvalue weighted by molar-refractivity contribution is 6.30. The second kappa shape index (κ2) is 13.2. The van der Waals surface area contributed by atoms with Crippen LogP contribution in [0, 0.1) is 0 Å². The van der Waals surface area contributed by atoms with Crippen LogP contribution in [0.4, 0.5) is 4.79 Å². The molecular weight excluding hydrogens is 410 g/mol. The van der Waals surface area contributed by atoms with Crippen LogP contribution in [0.5, 0.6) is 11.5 Å². The molecule has 0 aliphatic heterocycles. The molecule has 6 heteroatoms. The Morgan fingerprint density at radius 1 is 1.06 bits per heavy atom. The zero-order valence-corrected chi connectivity index (χ0v) is 20.0. The number of benzene rings is 2. The van der Waals surface area contributed by atoms with Crippen LogP contribution in [0.15, 0.2) is 48.5 Å². The third kappa shape index (κ3) is 8.42. The summed E-state index contributed by atoms with van der Waals surface area (Å²) in [6, 6.07) is 15.3. The number of hydrogen-bond donors (Lipinski definition) is 1. The molecule has 2 rings (SSSR count). The zero-order chi connectivity index (χ0) is 22.6. The van der Waals surface area contributed by atoms with Gasteiger partial charge < -0.3 is 19.9 Å². The van der Waals surface area contributed by atoms with Crippen LogP contribution in [0.1, 0.15) is 46.1 Å². The molecule has 2 aromatic rings. The Kier molecular flexibility index (Phi) is 10.7. The molecule has 31 heavy (non-hydrogen) atoms. The van der Waals surface area contributed by atoms with Crippen LogP contribution in [0.25, 0.3) is 0 Å². The van der Waals surface area contributed by atoms with Crippen molar-refractivity contribution in [3.8, 4) is 11.5 Å².